The number of fused-ring (bicyclic) bond motifs is 1. The number of sulfonamides is 1. The molecule has 0 saturated heterocycles. The van der Waals surface area contributed by atoms with Crippen LogP contribution in [0.3, 0.4) is 0 Å². The predicted molar refractivity (Wildman–Crippen MR) is 137 cm³/mol. The molecule has 4 aromatic carbocycles. The average Bonchev–Trinajstić information content (AvgIpc) is 2.86. The maximum atomic E-state index is 13.5. The summed E-state index contributed by atoms with van der Waals surface area (Å²) in [6.07, 6.45) is 0. The summed E-state index contributed by atoms with van der Waals surface area (Å²) in [6, 6.07) is 29.5. The highest BCUT2D eigenvalue weighted by atomic mass is 32.2. The van der Waals surface area contributed by atoms with Gasteiger partial charge in [0.2, 0.25) is 5.91 Å². The summed E-state index contributed by atoms with van der Waals surface area (Å²) in [4.78, 5) is 13.0. The number of anilines is 1. The number of hydrogen-bond donors (Lipinski definition) is 1. The largest absolute Gasteiger partial charge is 0.350 e. The number of carbonyl (C=O) groups excluding carboxylic acids is 1. The van der Waals surface area contributed by atoms with E-state index in [0.717, 1.165) is 21.9 Å². The number of benzene rings is 4. The second-order valence-electron chi connectivity index (χ2n) is 8.53. The molecule has 174 valence electrons. The predicted octanol–water partition coefficient (Wildman–Crippen LogP) is 5.47. The van der Waals surface area contributed by atoms with Crippen molar-refractivity contribution in [1.82, 2.24) is 5.32 Å². The fourth-order valence-corrected chi connectivity index (χ4v) is 5.24. The van der Waals surface area contributed by atoms with E-state index in [1.165, 1.54) is 16.4 Å². The summed E-state index contributed by atoms with van der Waals surface area (Å²) in [7, 11) is -3.92. The fourth-order valence-electron chi connectivity index (χ4n) is 3.80. The maximum absolute atomic E-state index is 13.5. The highest BCUT2D eigenvalue weighted by Crippen LogP contribution is 2.26. The van der Waals surface area contributed by atoms with E-state index in [1.807, 2.05) is 54.6 Å². The Bertz CT molecular complexity index is 1380. The first-order chi connectivity index (χ1) is 16.3. The summed E-state index contributed by atoms with van der Waals surface area (Å²) in [6.45, 7) is 4.16. The SMILES string of the molecule is CC(C)c1ccc(N(CC(=O)NCc2ccc3ccccc3c2)S(=O)(=O)c2ccccc2)cc1. The van der Waals surface area contributed by atoms with Crippen molar-refractivity contribution in [3.8, 4) is 0 Å². The van der Waals surface area contributed by atoms with E-state index in [-0.39, 0.29) is 17.3 Å². The monoisotopic (exact) mass is 472 g/mol. The van der Waals surface area contributed by atoms with E-state index in [4.69, 9.17) is 0 Å². The highest BCUT2D eigenvalue weighted by Gasteiger charge is 2.27. The Morgan fingerprint density at radius 2 is 1.47 bits per heavy atom. The van der Waals surface area contributed by atoms with Crippen molar-refractivity contribution in [1.29, 1.82) is 0 Å². The number of nitrogens with zero attached hydrogens (tertiary/aromatic N) is 1. The Kier molecular flexibility index (Phi) is 6.98. The first-order valence-corrected chi connectivity index (χ1v) is 12.7. The van der Waals surface area contributed by atoms with Gasteiger partial charge in [-0.3, -0.25) is 9.10 Å². The zero-order valence-corrected chi connectivity index (χ0v) is 20.1. The van der Waals surface area contributed by atoms with Gasteiger partial charge in [0, 0.05) is 6.54 Å². The molecule has 4 rings (SSSR count). The van der Waals surface area contributed by atoms with Gasteiger partial charge in [0.05, 0.1) is 10.6 Å². The van der Waals surface area contributed by atoms with Gasteiger partial charge < -0.3 is 5.32 Å². The van der Waals surface area contributed by atoms with Crippen LogP contribution in [0.2, 0.25) is 0 Å². The van der Waals surface area contributed by atoms with Gasteiger partial charge in [-0.15, -0.1) is 0 Å². The van der Waals surface area contributed by atoms with Crippen LogP contribution in [0.1, 0.15) is 30.9 Å². The van der Waals surface area contributed by atoms with Crippen LogP contribution in [0.4, 0.5) is 5.69 Å². The molecule has 0 aliphatic rings. The zero-order valence-electron chi connectivity index (χ0n) is 19.3. The molecule has 0 heterocycles. The molecule has 0 fully saturated rings. The minimum Gasteiger partial charge on any atom is -0.350 e. The second-order valence-corrected chi connectivity index (χ2v) is 10.4. The van der Waals surface area contributed by atoms with Crippen molar-refractivity contribution < 1.29 is 13.2 Å². The third kappa shape index (κ3) is 5.29. The van der Waals surface area contributed by atoms with Crippen LogP contribution in [0.25, 0.3) is 10.8 Å². The van der Waals surface area contributed by atoms with Gasteiger partial charge in [0.15, 0.2) is 0 Å². The van der Waals surface area contributed by atoms with Gasteiger partial charge in [0.25, 0.3) is 10.0 Å². The molecule has 0 aliphatic heterocycles. The van der Waals surface area contributed by atoms with Crippen LogP contribution in [-0.2, 0) is 21.4 Å². The van der Waals surface area contributed by atoms with Crippen LogP contribution >= 0.6 is 0 Å². The molecular weight excluding hydrogens is 444 g/mol. The fraction of sp³-hybridized carbons (Fsp3) is 0.179. The van der Waals surface area contributed by atoms with Crippen molar-refractivity contribution in [2.24, 2.45) is 0 Å². The Morgan fingerprint density at radius 3 is 2.15 bits per heavy atom. The molecule has 0 bridgehead atoms. The van der Waals surface area contributed by atoms with Crippen molar-refractivity contribution in [3.05, 3.63) is 108 Å². The highest BCUT2D eigenvalue weighted by molar-refractivity contribution is 7.92. The molecule has 0 aliphatic carbocycles. The van der Waals surface area contributed by atoms with Gasteiger partial charge in [0.1, 0.15) is 6.54 Å². The first kappa shape index (κ1) is 23.5. The van der Waals surface area contributed by atoms with Gasteiger partial charge in [-0.05, 0) is 58.1 Å². The molecule has 1 amide bonds. The van der Waals surface area contributed by atoms with Crippen molar-refractivity contribution >= 4 is 32.4 Å². The van der Waals surface area contributed by atoms with Gasteiger partial charge >= 0.3 is 0 Å². The Morgan fingerprint density at radius 1 is 0.824 bits per heavy atom. The smallest absolute Gasteiger partial charge is 0.264 e. The lowest BCUT2D eigenvalue weighted by Gasteiger charge is -2.24. The molecule has 1 N–H and O–H groups in total. The van der Waals surface area contributed by atoms with E-state index >= 15 is 0 Å². The molecule has 5 nitrogen and oxygen atoms in total. The van der Waals surface area contributed by atoms with E-state index < -0.39 is 10.0 Å². The minimum atomic E-state index is -3.92. The van der Waals surface area contributed by atoms with Crippen LogP contribution in [0.15, 0.2) is 102 Å². The van der Waals surface area contributed by atoms with Crippen LogP contribution < -0.4 is 9.62 Å². The molecule has 0 radical (unpaired) electrons. The summed E-state index contributed by atoms with van der Waals surface area (Å²) in [5.74, 6) is -0.0564. The molecule has 34 heavy (non-hydrogen) atoms. The lowest BCUT2D eigenvalue weighted by molar-refractivity contribution is -0.119. The maximum Gasteiger partial charge on any atom is 0.264 e. The second kappa shape index (κ2) is 10.1. The zero-order chi connectivity index (χ0) is 24.1. The molecule has 0 aromatic heterocycles. The molecule has 4 aromatic rings. The van der Waals surface area contributed by atoms with Gasteiger partial charge in [-0.1, -0.05) is 80.6 Å². The summed E-state index contributed by atoms with van der Waals surface area (Å²) < 4.78 is 28.1. The lowest BCUT2D eigenvalue weighted by Crippen LogP contribution is -2.40. The molecular formula is C28H28N2O3S. The average molecular weight is 473 g/mol. The quantitative estimate of drug-likeness (QED) is 0.370. The van der Waals surface area contributed by atoms with Gasteiger partial charge in [-0.2, -0.15) is 0 Å². The molecule has 0 atom stereocenters. The van der Waals surface area contributed by atoms with Gasteiger partial charge in [-0.25, -0.2) is 8.42 Å². The van der Waals surface area contributed by atoms with E-state index in [0.29, 0.717) is 18.2 Å². The van der Waals surface area contributed by atoms with Crippen molar-refractivity contribution in [3.63, 3.8) is 0 Å². The van der Waals surface area contributed by atoms with Crippen LogP contribution in [0.5, 0.6) is 0 Å². The topological polar surface area (TPSA) is 66.5 Å². The Hall–Kier alpha value is -3.64. The number of nitrogens with one attached hydrogen (secondary N) is 1. The summed E-state index contributed by atoms with van der Waals surface area (Å²) in [5.41, 5.74) is 2.50. The summed E-state index contributed by atoms with van der Waals surface area (Å²) in [5, 5.41) is 5.09. The van der Waals surface area contributed by atoms with Crippen LogP contribution in [0, 0.1) is 0 Å². The normalized spacial score (nSPS) is 11.5. The van der Waals surface area contributed by atoms with E-state index in [1.54, 1.807) is 30.3 Å². The molecule has 0 spiro atoms. The summed E-state index contributed by atoms with van der Waals surface area (Å²) >= 11 is 0. The number of carbonyl (C=O) groups is 1. The first-order valence-electron chi connectivity index (χ1n) is 11.3. The molecule has 0 saturated carbocycles. The third-order valence-electron chi connectivity index (χ3n) is 5.77. The Balaban J connectivity index is 1.56. The minimum absolute atomic E-state index is 0.144. The standard InChI is InChI=1S/C28H28N2O3S/c1-21(2)23-14-16-26(17-15-23)30(34(32,33)27-10-4-3-5-11-27)20-28(31)29-19-22-12-13-24-8-6-7-9-25(24)18-22/h3-18,21H,19-20H2,1-2H3,(H,29,31). The third-order valence-corrected chi connectivity index (χ3v) is 7.56. The van der Waals surface area contributed by atoms with E-state index in [2.05, 4.69) is 19.2 Å². The number of rotatable bonds is 8. The Labute approximate surface area is 201 Å². The number of amides is 1. The lowest BCUT2D eigenvalue weighted by atomic mass is 10.0. The van der Waals surface area contributed by atoms with E-state index in [9.17, 15) is 13.2 Å². The number of hydrogen-bond acceptors (Lipinski definition) is 3. The molecule has 6 heteroatoms. The van der Waals surface area contributed by atoms with Crippen molar-refractivity contribution in [2.45, 2.75) is 31.2 Å². The van der Waals surface area contributed by atoms with Crippen LogP contribution in [-0.4, -0.2) is 20.9 Å². The van der Waals surface area contributed by atoms with Crippen molar-refractivity contribution in [2.75, 3.05) is 10.8 Å². The molecule has 0 unspecified atom stereocenters.